The number of nitrogens with two attached hydrogens (primary N) is 2. The maximum Gasteiger partial charge on any atom is 0.268 e. The molecular formula is C23H19ClFN7O. The molecule has 2 heterocycles. The fraction of sp³-hybridized carbons (Fsp3) is 0.130. The van der Waals surface area contributed by atoms with Gasteiger partial charge < -0.3 is 16.8 Å². The average molecular weight is 464 g/mol. The molecule has 8 nitrogen and oxygen atoms in total. The van der Waals surface area contributed by atoms with Crippen LogP contribution in [0.3, 0.4) is 0 Å². The van der Waals surface area contributed by atoms with Gasteiger partial charge in [0.2, 0.25) is 5.95 Å². The molecule has 0 aliphatic heterocycles. The summed E-state index contributed by atoms with van der Waals surface area (Å²) in [6.45, 7) is 9.33. The number of halogens is 2. The SMILES string of the molecule is [C-]#[N+]c1c(N)nc(N)nc1N[C@@H](CC)c1cc2cccc(Cl)c2c(=O)n1-c1cccc(F)c1. The largest absolute Gasteiger partial charge is 0.392 e. The van der Waals surface area contributed by atoms with E-state index in [-0.39, 0.29) is 23.3 Å². The van der Waals surface area contributed by atoms with Crippen LogP contribution in [0.5, 0.6) is 0 Å². The van der Waals surface area contributed by atoms with Gasteiger partial charge in [0, 0.05) is 5.69 Å². The molecule has 166 valence electrons. The normalized spacial score (nSPS) is 11.8. The molecule has 2 aromatic heterocycles. The van der Waals surface area contributed by atoms with E-state index in [0.29, 0.717) is 33.6 Å². The van der Waals surface area contributed by atoms with Crippen LogP contribution in [0.4, 0.5) is 27.7 Å². The molecule has 2 aromatic carbocycles. The number of nitrogen functional groups attached to an aromatic ring is 2. The van der Waals surface area contributed by atoms with Crippen LogP contribution in [-0.4, -0.2) is 14.5 Å². The lowest BCUT2D eigenvalue weighted by molar-refractivity contribution is 0.624. The van der Waals surface area contributed by atoms with E-state index in [1.807, 2.05) is 6.92 Å². The van der Waals surface area contributed by atoms with Crippen LogP contribution >= 0.6 is 11.6 Å². The Morgan fingerprint density at radius 2 is 1.97 bits per heavy atom. The van der Waals surface area contributed by atoms with Gasteiger partial charge in [0.25, 0.3) is 11.2 Å². The van der Waals surface area contributed by atoms with Gasteiger partial charge >= 0.3 is 0 Å². The van der Waals surface area contributed by atoms with E-state index in [1.165, 1.54) is 22.8 Å². The van der Waals surface area contributed by atoms with E-state index < -0.39 is 17.4 Å². The minimum Gasteiger partial charge on any atom is -0.392 e. The van der Waals surface area contributed by atoms with Crippen LogP contribution in [0.15, 0.2) is 53.3 Å². The van der Waals surface area contributed by atoms with Gasteiger partial charge in [-0.2, -0.15) is 0 Å². The van der Waals surface area contributed by atoms with E-state index in [2.05, 4.69) is 20.1 Å². The Bertz CT molecular complexity index is 1480. The van der Waals surface area contributed by atoms with E-state index in [1.54, 1.807) is 30.3 Å². The number of pyridine rings is 1. The molecule has 4 rings (SSSR count). The third-order valence-corrected chi connectivity index (χ3v) is 5.52. The van der Waals surface area contributed by atoms with Crippen molar-refractivity contribution in [3.8, 4) is 5.69 Å². The summed E-state index contributed by atoms with van der Waals surface area (Å²) in [4.78, 5) is 25.0. The molecule has 4 aromatic rings. The number of nitrogens with one attached hydrogen (secondary N) is 1. The molecule has 33 heavy (non-hydrogen) atoms. The van der Waals surface area contributed by atoms with E-state index in [4.69, 9.17) is 29.6 Å². The Kier molecular flexibility index (Phi) is 5.85. The molecule has 0 saturated carbocycles. The summed E-state index contributed by atoms with van der Waals surface area (Å²) in [5, 5.41) is 4.41. The Balaban J connectivity index is 1.99. The number of hydrogen-bond acceptors (Lipinski definition) is 6. The van der Waals surface area contributed by atoms with E-state index >= 15 is 0 Å². The van der Waals surface area contributed by atoms with Gasteiger partial charge in [0.1, 0.15) is 17.5 Å². The Labute approximate surface area is 193 Å². The van der Waals surface area contributed by atoms with Crippen molar-refractivity contribution in [3.05, 3.63) is 86.8 Å². The zero-order chi connectivity index (χ0) is 23.7. The number of benzene rings is 2. The second-order valence-corrected chi connectivity index (χ2v) is 7.68. The Hall–Kier alpha value is -4.16. The highest BCUT2D eigenvalue weighted by Crippen LogP contribution is 2.34. The lowest BCUT2D eigenvalue weighted by atomic mass is 10.0. The molecule has 10 heteroatoms. The van der Waals surface area contributed by atoms with Crippen molar-refractivity contribution < 1.29 is 4.39 Å². The maximum atomic E-state index is 14.1. The molecule has 0 aliphatic rings. The predicted molar refractivity (Wildman–Crippen MR) is 128 cm³/mol. The molecule has 0 unspecified atom stereocenters. The first-order valence-electron chi connectivity index (χ1n) is 10.0. The third kappa shape index (κ3) is 4.04. The van der Waals surface area contributed by atoms with Crippen molar-refractivity contribution in [2.24, 2.45) is 0 Å². The summed E-state index contributed by atoms with van der Waals surface area (Å²) in [6.07, 6.45) is 0.488. The van der Waals surface area contributed by atoms with Crippen LogP contribution in [-0.2, 0) is 0 Å². The van der Waals surface area contributed by atoms with Crippen LogP contribution in [0, 0.1) is 12.4 Å². The van der Waals surface area contributed by atoms with Gasteiger partial charge in [0.15, 0.2) is 0 Å². The quantitative estimate of drug-likeness (QED) is 0.364. The standard InChI is InChI=1S/C23H19ClFN7O/c1-3-16(29-21-19(28-2)20(26)30-23(27)31-21)17-10-12-6-4-9-15(24)18(12)22(33)32(17)14-8-5-7-13(25)11-14/h4-11,16H,3H2,1H3,(H5,26,27,29,30,31)/t16-/m0/s1. The summed E-state index contributed by atoms with van der Waals surface area (Å²) >= 11 is 6.34. The number of aromatic nitrogens is 3. The number of anilines is 3. The zero-order valence-electron chi connectivity index (χ0n) is 17.5. The minimum atomic E-state index is -0.515. The minimum absolute atomic E-state index is 0.0196. The van der Waals surface area contributed by atoms with Crippen molar-refractivity contribution in [2.75, 3.05) is 16.8 Å². The van der Waals surface area contributed by atoms with Gasteiger partial charge in [-0.05, 0) is 42.1 Å². The van der Waals surface area contributed by atoms with Gasteiger partial charge in [-0.25, -0.2) is 19.2 Å². The molecule has 0 radical (unpaired) electrons. The van der Waals surface area contributed by atoms with Crippen molar-refractivity contribution in [1.82, 2.24) is 14.5 Å². The van der Waals surface area contributed by atoms with Crippen molar-refractivity contribution in [3.63, 3.8) is 0 Å². The average Bonchev–Trinajstić information content (AvgIpc) is 2.77. The number of hydrogen-bond donors (Lipinski definition) is 3. The first kappa shape index (κ1) is 22.0. The first-order chi connectivity index (χ1) is 15.8. The van der Waals surface area contributed by atoms with Crippen molar-refractivity contribution >= 4 is 45.6 Å². The predicted octanol–water partition coefficient (Wildman–Crippen LogP) is 4.85. The molecule has 1 atom stereocenters. The fourth-order valence-corrected chi connectivity index (χ4v) is 3.99. The Morgan fingerprint density at radius 3 is 2.67 bits per heavy atom. The Morgan fingerprint density at radius 1 is 1.21 bits per heavy atom. The lowest BCUT2D eigenvalue weighted by Gasteiger charge is -2.24. The van der Waals surface area contributed by atoms with Crippen LogP contribution in [0.25, 0.3) is 21.3 Å². The molecule has 0 bridgehead atoms. The third-order valence-electron chi connectivity index (χ3n) is 5.21. The van der Waals surface area contributed by atoms with Gasteiger partial charge in [-0.1, -0.05) is 36.7 Å². The van der Waals surface area contributed by atoms with Gasteiger partial charge in [-0.3, -0.25) is 9.36 Å². The van der Waals surface area contributed by atoms with Crippen molar-refractivity contribution in [2.45, 2.75) is 19.4 Å². The number of nitrogens with zero attached hydrogens (tertiary/aromatic N) is 4. The molecule has 5 N–H and O–H groups in total. The van der Waals surface area contributed by atoms with Crippen LogP contribution in [0.1, 0.15) is 25.1 Å². The number of rotatable bonds is 5. The summed E-state index contributed by atoms with van der Waals surface area (Å²) in [5.41, 5.74) is 12.1. The molecular weight excluding hydrogens is 445 g/mol. The van der Waals surface area contributed by atoms with Gasteiger partial charge in [-0.15, -0.1) is 0 Å². The highest BCUT2D eigenvalue weighted by atomic mass is 35.5. The zero-order valence-corrected chi connectivity index (χ0v) is 18.3. The molecule has 0 aliphatic carbocycles. The molecule has 0 saturated heterocycles. The maximum absolute atomic E-state index is 14.1. The second-order valence-electron chi connectivity index (χ2n) is 7.27. The van der Waals surface area contributed by atoms with Crippen molar-refractivity contribution in [1.29, 1.82) is 0 Å². The lowest BCUT2D eigenvalue weighted by Crippen LogP contribution is -2.27. The molecule has 0 spiro atoms. The summed E-state index contributed by atoms with van der Waals surface area (Å²) in [6, 6.07) is 12.2. The number of fused-ring (bicyclic) bond motifs is 1. The van der Waals surface area contributed by atoms with E-state index in [0.717, 1.165) is 0 Å². The second kappa shape index (κ2) is 8.76. The highest BCUT2D eigenvalue weighted by molar-refractivity contribution is 6.35. The smallest absolute Gasteiger partial charge is 0.268 e. The first-order valence-corrected chi connectivity index (χ1v) is 10.4. The van der Waals surface area contributed by atoms with E-state index in [9.17, 15) is 9.18 Å². The van der Waals surface area contributed by atoms with Crippen LogP contribution in [0.2, 0.25) is 5.02 Å². The highest BCUT2D eigenvalue weighted by Gasteiger charge is 2.22. The fourth-order valence-electron chi connectivity index (χ4n) is 3.73. The summed E-state index contributed by atoms with van der Waals surface area (Å²) in [5.74, 6) is -0.490. The summed E-state index contributed by atoms with van der Waals surface area (Å²) in [7, 11) is 0. The van der Waals surface area contributed by atoms with Gasteiger partial charge in [0.05, 0.1) is 28.7 Å². The van der Waals surface area contributed by atoms with Crippen LogP contribution < -0.4 is 22.3 Å². The summed E-state index contributed by atoms with van der Waals surface area (Å²) < 4.78 is 15.5. The monoisotopic (exact) mass is 463 g/mol. The molecule has 0 amide bonds. The topological polar surface area (TPSA) is 116 Å². The molecule has 0 fully saturated rings.